The molecule has 0 radical (unpaired) electrons. The van der Waals surface area contributed by atoms with Crippen LogP contribution in [0.4, 0.5) is 0 Å². The van der Waals surface area contributed by atoms with Gasteiger partial charge in [0.2, 0.25) is 10.0 Å². The number of ether oxygens (including phenoxy) is 1. The van der Waals surface area contributed by atoms with Gasteiger partial charge in [-0.15, -0.1) is 0 Å². The number of hydrogen-bond acceptors (Lipinski definition) is 4. The molecule has 0 saturated heterocycles. The molecule has 1 aliphatic carbocycles. The van der Waals surface area contributed by atoms with Gasteiger partial charge < -0.3 is 10.1 Å². The third-order valence-electron chi connectivity index (χ3n) is 2.87. The Morgan fingerprint density at radius 2 is 1.89 bits per heavy atom. The van der Waals surface area contributed by atoms with Crippen LogP contribution >= 0.6 is 0 Å². The third-order valence-corrected chi connectivity index (χ3v) is 4.35. The van der Waals surface area contributed by atoms with Crippen LogP contribution in [-0.4, -0.2) is 34.2 Å². The van der Waals surface area contributed by atoms with Crippen molar-refractivity contribution in [3.63, 3.8) is 0 Å². The Bertz CT molecular complexity index is 495. The predicted octanol–water partition coefficient (Wildman–Crippen LogP) is 1.12. The average Bonchev–Trinajstić information content (AvgIpc) is 3.20. The molecule has 0 bridgehead atoms. The van der Waals surface area contributed by atoms with Crippen LogP contribution in [0, 0.1) is 0 Å². The van der Waals surface area contributed by atoms with Crippen LogP contribution in [0.3, 0.4) is 0 Å². The number of nitrogens with one attached hydrogen (secondary N) is 2. The van der Waals surface area contributed by atoms with E-state index < -0.39 is 10.0 Å². The molecule has 1 fully saturated rings. The van der Waals surface area contributed by atoms with Gasteiger partial charge in [0.1, 0.15) is 5.75 Å². The zero-order valence-electron chi connectivity index (χ0n) is 11.1. The summed E-state index contributed by atoms with van der Waals surface area (Å²) in [4.78, 5) is 0.266. The Kier molecular flexibility index (Phi) is 4.79. The lowest BCUT2D eigenvalue weighted by Gasteiger charge is -2.08. The van der Waals surface area contributed by atoms with E-state index in [9.17, 15) is 8.42 Å². The second kappa shape index (κ2) is 6.36. The molecular weight excluding hydrogens is 264 g/mol. The van der Waals surface area contributed by atoms with Gasteiger partial charge in [0.25, 0.3) is 0 Å². The van der Waals surface area contributed by atoms with Crippen molar-refractivity contribution in [1.29, 1.82) is 0 Å². The summed E-state index contributed by atoms with van der Waals surface area (Å²) in [6, 6.07) is 7.04. The van der Waals surface area contributed by atoms with Gasteiger partial charge in [0, 0.05) is 19.1 Å². The minimum Gasteiger partial charge on any atom is -0.494 e. The lowest BCUT2D eigenvalue weighted by molar-refractivity contribution is 0.340. The summed E-state index contributed by atoms with van der Waals surface area (Å²) in [5.41, 5.74) is 0. The van der Waals surface area contributed by atoms with E-state index in [0.717, 1.165) is 0 Å². The zero-order chi connectivity index (χ0) is 13.7. The Labute approximate surface area is 114 Å². The smallest absolute Gasteiger partial charge is 0.240 e. The molecule has 2 N–H and O–H groups in total. The highest BCUT2D eigenvalue weighted by Gasteiger charge is 2.20. The van der Waals surface area contributed by atoms with Gasteiger partial charge >= 0.3 is 0 Å². The largest absolute Gasteiger partial charge is 0.494 e. The van der Waals surface area contributed by atoms with Gasteiger partial charge in [-0.2, -0.15) is 0 Å². The third kappa shape index (κ3) is 4.49. The Morgan fingerprint density at radius 3 is 2.47 bits per heavy atom. The summed E-state index contributed by atoms with van der Waals surface area (Å²) in [6.07, 6.45) is 2.40. The Hall–Kier alpha value is -1.11. The highest BCUT2D eigenvalue weighted by molar-refractivity contribution is 7.89. The first-order chi connectivity index (χ1) is 9.12. The molecule has 0 aliphatic heterocycles. The van der Waals surface area contributed by atoms with Crippen LogP contribution in [0.5, 0.6) is 5.75 Å². The van der Waals surface area contributed by atoms with E-state index in [1.807, 2.05) is 6.92 Å². The van der Waals surface area contributed by atoms with E-state index in [0.29, 0.717) is 31.5 Å². The van der Waals surface area contributed by atoms with Gasteiger partial charge in [-0.3, -0.25) is 0 Å². The van der Waals surface area contributed by atoms with E-state index in [1.54, 1.807) is 24.3 Å². The first-order valence-electron chi connectivity index (χ1n) is 6.58. The molecular formula is C13H20N2O3S. The molecule has 0 aromatic heterocycles. The quantitative estimate of drug-likeness (QED) is 0.702. The average molecular weight is 284 g/mol. The first kappa shape index (κ1) is 14.3. The summed E-state index contributed by atoms with van der Waals surface area (Å²) in [7, 11) is -3.42. The molecule has 6 heteroatoms. The predicted molar refractivity (Wildman–Crippen MR) is 73.8 cm³/mol. The van der Waals surface area contributed by atoms with Gasteiger partial charge in [-0.1, -0.05) is 0 Å². The minimum absolute atomic E-state index is 0.266. The van der Waals surface area contributed by atoms with Crippen LogP contribution in [0.2, 0.25) is 0 Å². The fourth-order valence-corrected chi connectivity index (χ4v) is 2.75. The molecule has 0 heterocycles. The molecule has 1 saturated carbocycles. The standard InChI is InChI=1S/C13H20N2O3S/c1-2-18-12-5-7-13(8-6-12)19(16,17)15-10-9-14-11-3-4-11/h5-8,11,14-15H,2-4,9-10H2,1H3. The first-order valence-corrected chi connectivity index (χ1v) is 8.06. The van der Waals surface area contributed by atoms with E-state index in [-0.39, 0.29) is 4.90 Å². The molecule has 5 nitrogen and oxygen atoms in total. The molecule has 0 spiro atoms. The summed E-state index contributed by atoms with van der Waals surface area (Å²) in [6.45, 7) is 3.53. The number of benzene rings is 1. The molecule has 19 heavy (non-hydrogen) atoms. The van der Waals surface area contributed by atoms with Crippen molar-refractivity contribution in [1.82, 2.24) is 10.0 Å². The Morgan fingerprint density at radius 1 is 1.21 bits per heavy atom. The molecule has 1 aromatic rings. The maximum absolute atomic E-state index is 12.0. The second-order valence-electron chi connectivity index (χ2n) is 4.53. The fraction of sp³-hybridized carbons (Fsp3) is 0.538. The molecule has 1 aliphatic rings. The molecule has 0 amide bonds. The highest BCUT2D eigenvalue weighted by Crippen LogP contribution is 2.18. The topological polar surface area (TPSA) is 67.4 Å². The highest BCUT2D eigenvalue weighted by atomic mass is 32.2. The van der Waals surface area contributed by atoms with Gasteiger partial charge in [0.15, 0.2) is 0 Å². The zero-order valence-corrected chi connectivity index (χ0v) is 11.9. The van der Waals surface area contributed by atoms with Crippen molar-refractivity contribution >= 4 is 10.0 Å². The van der Waals surface area contributed by atoms with Crippen molar-refractivity contribution in [3.05, 3.63) is 24.3 Å². The monoisotopic (exact) mass is 284 g/mol. The summed E-state index contributed by atoms with van der Waals surface area (Å²) in [5, 5.41) is 3.26. The molecule has 106 valence electrons. The van der Waals surface area contributed by atoms with Gasteiger partial charge in [-0.25, -0.2) is 13.1 Å². The van der Waals surface area contributed by atoms with Crippen LogP contribution in [0.25, 0.3) is 0 Å². The van der Waals surface area contributed by atoms with Crippen molar-refractivity contribution in [2.45, 2.75) is 30.7 Å². The number of rotatable bonds is 8. The van der Waals surface area contributed by atoms with Crippen LogP contribution in [0.1, 0.15) is 19.8 Å². The van der Waals surface area contributed by atoms with E-state index in [2.05, 4.69) is 10.0 Å². The summed E-state index contributed by atoms with van der Waals surface area (Å²) in [5.74, 6) is 0.678. The van der Waals surface area contributed by atoms with E-state index >= 15 is 0 Å². The van der Waals surface area contributed by atoms with E-state index in [1.165, 1.54) is 12.8 Å². The number of hydrogen-bond donors (Lipinski definition) is 2. The molecule has 0 unspecified atom stereocenters. The summed E-state index contributed by atoms with van der Waals surface area (Å²) < 4.78 is 31.8. The van der Waals surface area contributed by atoms with Crippen LogP contribution < -0.4 is 14.8 Å². The van der Waals surface area contributed by atoms with Gasteiger partial charge in [-0.05, 0) is 44.0 Å². The summed E-state index contributed by atoms with van der Waals surface area (Å²) >= 11 is 0. The van der Waals surface area contributed by atoms with Crippen molar-refractivity contribution in [2.75, 3.05) is 19.7 Å². The maximum Gasteiger partial charge on any atom is 0.240 e. The lowest BCUT2D eigenvalue weighted by atomic mass is 10.3. The van der Waals surface area contributed by atoms with Crippen molar-refractivity contribution in [3.8, 4) is 5.75 Å². The van der Waals surface area contributed by atoms with Crippen molar-refractivity contribution in [2.24, 2.45) is 0 Å². The Balaban J connectivity index is 1.86. The SMILES string of the molecule is CCOc1ccc(S(=O)(=O)NCCNC2CC2)cc1. The van der Waals surface area contributed by atoms with Crippen molar-refractivity contribution < 1.29 is 13.2 Å². The molecule has 2 rings (SSSR count). The number of sulfonamides is 1. The minimum atomic E-state index is -3.42. The van der Waals surface area contributed by atoms with Crippen LogP contribution in [-0.2, 0) is 10.0 Å². The normalized spacial score (nSPS) is 15.4. The van der Waals surface area contributed by atoms with E-state index in [4.69, 9.17) is 4.74 Å². The maximum atomic E-state index is 12.0. The van der Waals surface area contributed by atoms with Gasteiger partial charge in [0.05, 0.1) is 11.5 Å². The molecule has 0 atom stereocenters. The fourth-order valence-electron chi connectivity index (χ4n) is 1.71. The lowest BCUT2D eigenvalue weighted by Crippen LogP contribution is -2.32. The molecule has 1 aromatic carbocycles. The van der Waals surface area contributed by atoms with Crippen LogP contribution in [0.15, 0.2) is 29.2 Å². The second-order valence-corrected chi connectivity index (χ2v) is 6.30.